The number of esters is 1. The van der Waals surface area contributed by atoms with Gasteiger partial charge in [0.15, 0.2) is 0 Å². The number of phenolic OH excluding ortho intramolecular Hbond substituents is 1. The minimum Gasteiger partial charge on any atom is -0.506 e. The number of cyclic esters (lactones) is 1. The third-order valence-corrected chi connectivity index (χ3v) is 5.90. The predicted octanol–water partition coefficient (Wildman–Crippen LogP) is 3.20. The molecule has 2 aromatic carbocycles. The van der Waals surface area contributed by atoms with E-state index in [1.54, 1.807) is 30.3 Å². The van der Waals surface area contributed by atoms with Crippen LogP contribution in [-0.2, 0) is 27.2 Å². The maximum absolute atomic E-state index is 12.8. The highest BCUT2D eigenvalue weighted by Crippen LogP contribution is 2.37. The Labute approximate surface area is 200 Å². The van der Waals surface area contributed by atoms with Gasteiger partial charge in [-0.15, -0.1) is 0 Å². The predicted molar refractivity (Wildman–Crippen MR) is 121 cm³/mol. The molecular formula is C24H24ClNO8. The Bertz CT molecular complexity index is 1100. The average molecular weight is 490 g/mol. The number of benzene rings is 2. The summed E-state index contributed by atoms with van der Waals surface area (Å²) >= 11 is 6.33. The molecule has 1 amide bonds. The molecule has 2 aromatic rings. The lowest BCUT2D eigenvalue weighted by Gasteiger charge is -2.27. The van der Waals surface area contributed by atoms with E-state index in [2.05, 4.69) is 5.32 Å². The van der Waals surface area contributed by atoms with Crippen molar-refractivity contribution in [2.45, 2.75) is 50.7 Å². The van der Waals surface area contributed by atoms with Gasteiger partial charge in [-0.05, 0) is 36.5 Å². The van der Waals surface area contributed by atoms with E-state index in [1.807, 2.05) is 0 Å². The summed E-state index contributed by atoms with van der Waals surface area (Å²) in [7, 11) is 0. The minimum atomic E-state index is -1.27. The van der Waals surface area contributed by atoms with Crippen LogP contribution in [0.15, 0.2) is 36.4 Å². The van der Waals surface area contributed by atoms with Gasteiger partial charge in [0.1, 0.15) is 23.5 Å². The van der Waals surface area contributed by atoms with Crippen molar-refractivity contribution in [3.05, 3.63) is 63.7 Å². The van der Waals surface area contributed by atoms with E-state index < -0.39 is 41.7 Å². The molecule has 0 saturated heterocycles. The van der Waals surface area contributed by atoms with E-state index in [-0.39, 0.29) is 35.4 Å². The molecule has 10 heteroatoms. The van der Waals surface area contributed by atoms with Gasteiger partial charge in [0.05, 0.1) is 5.56 Å². The van der Waals surface area contributed by atoms with Crippen LogP contribution in [0.2, 0.25) is 5.02 Å². The number of carboxylic acids is 2. The molecule has 4 N–H and O–H groups in total. The molecule has 9 nitrogen and oxygen atoms in total. The van der Waals surface area contributed by atoms with Gasteiger partial charge in [0.25, 0.3) is 5.91 Å². The first kappa shape index (κ1) is 25.0. The number of aliphatic carboxylic acids is 2. The molecule has 34 heavy (non-hydrogen) atoms. The molecule has 0 aliphatic carbocycles. The number of ether oxygens (including phenoxy) is 1. The van der Waals surface area contributed by atoms with E-state index in [4.69, 9.17) is 21.4 Å². The number of hydrogen-bond acceptors (Lipinski definition) is 6. The Balaban J connectivity index is 1.77. The second-order valence-corrected chi connectivity index (χ2v) is 8.44. The molecule has 0 aromatic heterocycles. The average Bonchev–Trinajstić information content (AvgIpc) is 2.78. The van der Waals surface area contributed by atoms with Gasteiger partial charge in [0.2, 0.25) is 0 Å². The van der Waals surface area contributed by atoms with Crippen LogP contribution in [0, 0.1) is 0 Å². The summed E-state index contributed by atoms with van der Waals surface area (Å²) in [5.41, 5.74) is 0.462. The number of nitrogens with one attached hydrogen (secondary N) is 1. The highest BCUT2D eigenvalue weighted by Gasteiger charge is 2.34. The van der Waals surface area contributed by atoms with Crippen molar-refractivity contribution in [1.29, 1.82) is 0 Å². The van der Waals surface area contributed by atoms with Crippen LogP contribution in [0.25, 0.3) is 0 Å². The number of amides is 1. The highest BCUT2D eigenvalue weighted by atomic mass is 35.5. The first-order valence-electron chi connectivity index (χ1n) is 10.7. The zero-order chi connectivity index (χ0) is 24.8. The summed E-state index contributed by atoms with van der Waals surface area (Å²) in [5, 5.41) is 31.4. The normalized spacial score (nSPS) is 15.7. The van der Waals surface area contributed by atoms with E-state index in [9.17, 15) is 29.4 Å². The largest absolute Gasteiger partial charge is 0.506 e. The molecule has 0 radical (unpaired) electrons. The van der Waals surface area contributed by atoms with Crippen molar-refractivity contribution in [3.8, 4) is 5.75 Å². The molecular weight excluding hydrogens is 466 g/mol. The van der Waals surface area contributed by atoms with Crippen molar-refractivity contribution in [2.24, 2.45) is 0 Å². The summed E-state index contributed by atoms with van der Waals surface area (Å²) in [6, 6.07) is 8.66. The fourth-order valence-corrected chi connectivity index (χ4v) is 4.13. The van der Waals surface area contributed by atoms with E-state index in [0.29, 0.717) is 30.4 Å². The van der Waals surface area contributed by atoms with Crippen LogP contribution in [0.1, 0.15) is 57.5 Å². The van der Waals surface area contributed by atoms with E-state index in [1.165, 1.54) is 6.07 Å². The number of carboxylic acid groups (broad SMARTS) is 2. The Hall–Kier alpha value is -3.59. The Kier molecular flexibility index (Phi) is 8.12. The van der Waals surface area contributed by atoms with Crippen molar-refractivity contribution in [2.75, 3.05) is 0 Å². The summed E-state index contributed by atoms with van der Waals surface area (Å²) in [4.78, 5) is 47.7. The minimum absolute atomic E-state index is 0.0128. The van der Waals surface area contributed by atoms with Crippen LogP contribution in [0.4, 0.5) is 0 Å². The molecule has 2 unspecified atom stereocenters. The van der Waals surface area contributed by atoms with E-state index in [0.717, 1.165) is 0 Å². The van der Waals surface area contributed by atoms with Crippen LogP contribution in [0.3, 0.4) is 0 Å². The summed E-state index contributed by atoms with van der Waals surface area (Å²) in [6.07, 6.45) is 1.09. The smallest absolute Gasteiger partial charge is 0.342 e. The second kappa shape index (κ2) is 11.0. The lowest BCUT2D eigenvalue weighted by atomic mass is 9.92. The van der Waals surface area contributed by atoms with Gasteiger partial charge in [-0.2, -0.15) is 0 Å². The summed E-state index contributed by atoms with van der Waals surface area (Å²) in [6.45, 7) is 0. The SMILES string of the molecule is O=C(O)CCCCC1Cc2c(Cl)cc(C(=O)NC(Cc3ccccc3)C(=O)O)c(O)c2C(=O)O1. The van der Waals surface area contributed by atoms with Crippen LogP contribution in [-0.4, -0.2) is 51.3 Å². The molecule has 0 spiro atoms. The van der Waals surface area contributed by atoms with E-state index >= 15 is 0 Å². The molecule has 0 saturated carbocycles. The number of hydrogen-bond donors (Lipinski definition) is 4. The Morgan fingerprint density at radius 1 is 1.15 bits per heavy atom. The number of fused-ring (bicyclic) bond motifs is 1. The number of unbranched alkanes of at least 4 members (excludes halogenated alkanes) is 1. The number of rotatable bonds is 10. The van der Waals surface area contributed by atoms with Gasteiger partial charge in [-0.3, -0.25) is 9.59 Å². The first-order valence-corrected chi connectivity index (χ1v) is 11.1. The van der Waals surface area contributed by atoms with Crippen LogP contribution in [0.5, 0.6) is 5.75 Å². The fourth-order valence-electron chi connectivity index (χ4n) is 3.85. The molecule has 1 aliphatic heterocycles. The fraction of sp³-hybridized carbons (Fsp3) is 0.333. The molecule has 1 heterocycles. The van der Waals surface area contributed by atoms with Crippen LogP contribution < -0.4 is 5.32 Å². The van der Waals surface area contributed by atoms with Gasteiger partial charge in [-0.1, -0.05) is 41.9 Å². The number of carbonyl (C=O) groups excluding carboxylic acids is 2. The first-order chi connectivity index (χ1) is 16.2. The van der Waals surface area contributed by atoms with Crippen molar-refractivity contribution in [3.63, 3.8) is 0 Å². The zero-order valence-corrected chi connectivity index (χ0v) is 18.9. The molecule has 1 aliphatic rings. The van der Waals surface area contributed by atoms with Crippen molar-refractivity contribution >= 4 is 35.4 Å². The Morgan fingerprint density at radius 2 is 1.85 bits per heavy atom. The third-order valence-electron chi connectivity index (χ3n) is 5.56. The quantitative estimate of drug-likeness (QED) is 0.293. The molecule has 2 atom stereocenters. The number of phenols is 1. The number of halogens is 1. The molecule has 180 valence electrons. The monoisotopic (exact) mass is 489 g/mol. The molecule has 3 rings (SSSR count). The maximum atomic E-state index is 12.8. The highest BCUT2D eigenvalue weighted by molar-refractivity contribution is 6.32. The molecule has 0 fully saturated rings. The summed E-state index contributed by atoms with van der Waals surface area (Å²) in [5.74, 6) is -4.54. The number of aromatic hydroxyl groups is 1. The van der Waals surface area contributed by atoms with Gasteiger partial charge < -0.3 is 25.4 Å². The standard InChI is InChI=1S/C24H24ClNO8/c25-17-12-16(22(30)26-18(23(31)32)10-13-6-2-1-3-7-13)21(29)20-15(17)11-14(34-24(20)33)8-4-5-9-19(27)28/h1-3,6-7,12,14,18,29H,4-5,8-11H2,(H,26,30)(H,27,28)(H,31,32). The van der Waals surface area contributed by atoms with Crippen LogP contribution >= 0.6 is 11.6 Å². The zero-order valence-electron chi connectivity index (χ0n) is 18.1. The van der Waals surface area contributed by atoms with Crippen molar-refractivity contribution < 1.29 is 39.2 Å². The number of carbonyl (C=O) groups is 4. The van der Waals surface area contributed by atoms with Crippen molar-refractivity contribution in [1.82, 2.24) is 5.32 Å². The lowest BCUT2D eigenvalue weighted by molar-refractivity contribution is -0.139. The topological polar surface area (TPSA) is 150 Å². The van der Waals surface area contributed by atoms with Gasteiger partial charge >= 0.3 is 17.9 Å². The molecule has 0 bridgehead atoms. The lowest BCUT2D eigenvalue weighted by Crippen LogP contribution is -2.42. The third kappa shape index (κ3) is 6.05. The Morgan fingerprint density at radius 3 is 2.50 bits per heavy atom. The second-order valence-electron chi connectivity index (χ2n) is 8.03. The maximum Gasteiger partial charge on any atom is 0.342 e. The van der Waals surface area contributed by atoms with Gasteiger partial charge in [0, 0.05) is 24.3 Å². The van der Waals surface area contributed by atoms with Gasteiger partial charge in [-0.25, -0.2) is 9.59 Å². The summed E-state index contributed by atoms with van der Waals surface area (Å²) < 4.78 is 5.36.